The van der Waals surface area contributed by atoms with E-state index in [9.17, 15) is 9.18 Å². The molecule has 0 bridgehead atoms. The summed E-state index contributed by atoms with van der Waals surface area (Å²) in [4.78, 5) is 20.2. The average molecular weight is 422 g/mol. The largest absolute Gasteiger partial charge is 0.379 e. The summed E-state index contributed by atoms with van der Waals surface area (Å²) >= 11 is 0. The zero-order chi connectivity index (χ0) is 21.8. The lowest BCUT2D eigenvalue weighted by Crippen LogP contribution is -2.43. The molecule has 2 aromatic carbocycles. The van der Waals surface area contributed by atoms with E-state index in [0.29, 0.717) is 25.3 Å². The number of nitrogens with zero attached hydrogens (tertiary/aromatic N) is 2. The van der Waals surface area contributed by atoms with Gasteiger partial charge in [0.2, 0.25) is 0 Å². The van der Waals surface area contributed by atoms with Crippen molar-refractivity contribution in [2.45, 2.75) is 25.8 Å². The highest BCUT2D eigenvalue weighted by atomic mass is 19.1. The van der Waals surface area contributed by atoms with Crippen molar-refractivity contribution in [1.29, 1.82) is 0 Å². The van der Waals surface area contributed by atoms with Crippen LogP contribution in [0.3, 0.4) is 0 Å². The monoisotopic (exact) mass is 421 g/mol. The fourth-order valence-corrected chi connectivity index (χ4v) is 4.00. The van der Waals surface area contributed by atoms with Crippen LogP contribution in [0.4, 0.5) is 4.39 Å². The van der Waals surface area contributed by atoms with E-state index in [2.05, 4.69) is 24.1 Å². The van der Waals surface area contributed by atoms with E-state index in [1.54, 1.807) is 12.1 Å². The second-order valence-electron chi connectivity index (χ2n) is 8.19. The van der Waals surface area contributed by atoms with Crippen LogP contribution in [-0.4, -0.2) is 48.6 Å². The molecular formula is C25H28FN3O2. The Bertz CT molecular complexity index is 1050. The molecule has 4 rings (SSSR count). The molecule has 1 amide bonds. The lowest BCUT2D eigenvalue weighted by molar-refractivity contribution is 0.0162. The number of para-hydroxylation sites is 1. The minimum absolute atomic E-state index is 0.0499. The van der Waals surface area contributed by atoms with E-state index in [1.807, 2.05) is 30.3 Å². The second-order valence-corrected chi connectivity index (χ2v) is 8.19. The molecule has 2 heterocycles. The maximum absolute atomic E-state index is 13.5. The Hall–Kier alpha value is -2.83. The van der Waals surface area contributed by atoms with E-state index in [-0.39, 0.29) is 23.7 Å². The lowest BCUT2D eigenvalue weighted by atomic mass is 10.0. The van der Waals surface area contributed by atoms with Gasteiger partial charge in [0.25, 0.3) is 5.91 Å². The number of hydrogen-bond acceptors (Lipinski definition) is 4. The highest BCUT2D eigenvalue weighted by Gasteiger charge is 2.24. The number of morpholine rings is 1. The van der Waals surface area contributed by atoms with Crippen molar-refractivity contribution in [3.8, 4) is 0 Å². The van der Waals surface area contributed by atoms with E-state index >= 15 is 0 Å². The maximum Gasteiger partial charge on any atom is 0.252 e. The first-order valence-corrected chi connectivity index (χ1v) is 10.8. The number of aromatic nitrogens is 1. The summed E-state index contributed by atoms with van der Waals surface area (Å²) in [7, 11) is 0. The summed E-state index contributed by atoms with van der Waals surface area (Å²) in [5.41, 5.74) is 3.33. The third-order valence-electron chi connectivity index (χ3n) is 5.77. The Labute approximate surface area is 182 Å². The fraction of sp³-hybridized carbons (Fsp3) is 0.360. The molecule has 1 atom stereocenters. The van der Waals surface area contributed by atoms with Gasteiger partial charge >= 0.3 is 0 Å². The second kappa shape index (κ2) is 9.54. The predicted octanol–water partition coefficient (Wildman–Crippen LogP) is 4.30. The molecule has 5 nitrogen and oxygen atoms in total. The fourth-order valence-electron chi connectivity index (χ4n) is 4.00. The van der Waals surface area contributed by atoms with Crippen molar-refractivity contribution in [2.75, 3.05) is 32.8 Å². The van der Waals surface area contributed by atoms with Crippen LogP contribution >= 0.6 is 0 Å². The standard InChI is InChI=1S/C25H28FN3O2/c1-17(2)23-15-21(20-5-3-4-6-22(20)28-23)25(30)27-16-24(29-11-13-31-14-12-29)18-7-9-19(26)10-8-18/h3-10,15,17,24H,11-14,16H2,1-2H3,(H,27,30)/t24-/m1/s1. The highest BCUT2D eigenvalue weighted by Crippen LogP contribution is 2.24. The van der Waals surface area contributed by atoms with Crippen LogP contribution in [0.15, 0.2) is 54.6 Å². The number of hydrogen-bond donors (Lipinski definition) is 1. The topological polar surface area (TPSA) is 54.5 Å². The van der Waals surface area contributed by atoms with Gasteiger partial charge in [0.1, 0.15) is 5.82 Å². The molecule has 1 aliphatic heterocycles. The van der Waals surface area contributed by atoms with Gasteiger partial charge in [-0.1, -0.05) is 44.2 Å². The molecule has 6 heteroatoms. The number of nitrogens with one attached hydrogen (secondary N) is 1. The van der Waals surface area contributed by atoms with Gasteiger partial charge < -0.3 is 10.1 Å². The summed E-state index contributed by atoms with van der Waals surface area (Å²) < 4.78 is 19.0. The van der Waals surface area contributed by atoms with Crippen LogP contribution in [0.25, 0.3) is 10.9 Å². The Morgan fingerprint density at radius 1 is 1.13 bits per heavy atom. The number of fused-ring (bicyclic) bond motifs is 1. The predicted molar refractivity (Wildman–Crippen MR) is 120 cm³/mol. The quantitative estimate of drug-likeness (QED) is 0.645. The number of ether oxygens (including phenoxy) is 1. The van der Waals surface area contributed by atoms with Crippen LogP contribution in [0.5, 0.6) is 0 Å². The molecule has 31 heavy (non-hydrogen) atoms. The van der Waals surface area contributed by atoms with Crippen LogP contribution in [-0.2, 0) is 4.74 Å². The van der Waals surface area contributed by atoms with Gasteiger partial charge in [-0.2, -0.15) is 0 Å². The van der Waals surface area contributed by atoms with E-state index in [1.165, 1.54) is 12.1 Å². The normalized spacial score (nSPS) is 15.9. The van der Waals surface area contributed by atoms with Crippen molar-refractivity contribution in [3.63, 3.8) is 0 Å². The van der Waals surface area contributed by atoms with Crippen molar-refractivity contribution >= 4 is 16.8 Å². The summed E-state index contributed by atoms with van der Waals surface area (Å²) in [6.45, 7) is 7.42. The van der Waals surface area contributed by atoms with Crippen LogP contribution in [0, 0.1) is 5.82 Å². The Morgan fingerprint density at radius 2 is 1.84 bits per heavy atom. The first-order valence-electron chi connectivity index (χ1n) is 10.8. The zero-order valence-corrected chi connectivity index (χ0v) is 18.0. The number of amides is 1. The summed E-state index contributed by atoms with van der Waals surface area (Å²) in [6.07, 6.45) is 0. The number of pyridine rings is 1. The van der Waals surface area contributed by atoms with Crippen molar-refractivity contribution in [3.05, 3.63) is 77.2 Å². The molecule has 1 aromatic heterocycles. The molecule has 162 valence electrons. The first kappa shape index (κ1) is 21.4. The third-order valence-corrected chi connectivity index (χ3v) is 5.77. The van der Waals surface area contributed by atoms with Gasteiger partial charge in [0, 0.05) is 30.7 Å². The van der Waals surface area contributed by atoms with Crippen molar-refractivity contribution in [2.24, 2.45) is 0 Å². The summed E-state index contributed by atoms with van der Waals surface area (Å²) in [5.74, 6) is -0.171. The lowest BCUT2D eigenvalue weighted by Gasteiger charge is -2.35. The zero-order valence-electron chi connectivity index (χ0n) is 18.0. The minimum atomic E-state index is -0.266. The molecule has 1 N–H and O–H groups in total. The van der Waals surface area contributed by atoms with Crippen LogP contribution in [0.1, 0.15) is 47.4 Å². The van der Waals surface area contributed by atoms with Crippen LogP contribution < -0.4 is 5.32 Å². The van der Waals surface area contributed by atoms with Crippen molar-refractivity contribution < 1.29 is 13.9 Å². The van der Waals surface area contributed by atoms with Gasteiger partial charge in [0.15, 0.2) is 0 Å². The SMILES string of the molecule is CC(C)c1cc(C(=O)NC[C@H](c2ccc(F)cc2)N2CCOCC2)c2ccccc2n1. The van der Waals surface area contributed by atoms with Crippen LogP contribution in [0.2, 0.25) is 0 Å². The molecule has 0 aliphatic carbocycles. The van der Waals surface area contributed by atoms with E-state index in [4.69, 9.17) is 9.72 Å². The van der Waals surface area contributed by atoms with E-state index in [0.717, 1.165) is 35.2 Å². The summed E-state index contributed by atoms with van der Waals surface area (Å²) in [6, 6.07) is 16.1. The smallest absolute Gasteiger partial charge is 0.252 e. The van der Waals surface area contributed by atoms with Gasteiger partial charge in [0.05, 0.1) is 30.3 Å². The van der Waals surface area contributed by atoms with E-state index < -0.39 is 0 Å². The summed E-state index contributed by atoms with van der Waals surface area (Å²) in [5, 5.41) is 3.97. The third kappa shape index (κ3) is 4.92. The molecule has 3 aromatic rings. The molecular weight excluding hydrogens is 393 g/mol. The Kier molecular flexibility index (Phi) is 6.59. The van der Waals surface area contributed by atoms with Gasteiger partial charge in [-0.15, -0.1) is 0 Å². The number of carbonyl (C=O) groups is 1. The molecule has 1 aliphatic rings. The highest BCUT2D eigenvalue weighted by molar-refractivity contribution is 6.06. The first-order chi connectivity index (χ1) is 15.0. The van der Waals surface area contributed by atoms with Gasteiger partial charge in [-0.25, -0.2) is 4.39 Å². The molecule has 0 saturated carbocycles. The van der Waals surface area contributed by atoms with Crippen molar-refractivity contribution in [1.82, 2.24) is 15.2 Å². The Morgan fingerprint density at radius 3 is 2.55 bits per heavy atom. The Balaban J connectivity index is 1.60. The average Bonchev–Trinajstić information content (AvgIpc) is 2.80. The molecule has 0 radical (unpaired) electrons. The number of halogens is 1. The number of benzene rings is 2. The molecule has 1 fully saturated rings. The number of rotatable bonds is 6. The molecule has 0 spiro atoms. The van der Waals surface area contributed by atoms with Gasteiger partial charge in [-0.3, -0.25) is 14.7 Å². The number of carbonyl (C=O) groups excluding carboxylic acids is 1. The maximum atomic E-state index is 13.5. The molecule has 1 saturated heterocycles. The van der Waals surface area contributed by atoms with Gasteiger partial charge in [-0.05, 0) is 35.7 Å². The molecule has 0 unspecified atom stereocenters. The minimum Gasteiger partial charge on any atom is -0.379 e.